The first-order valence-corrected chi connectivity index (χ1v) is 9.61. The number of halogens is 1. The van der Waals surface area contributed by atoms with Crippen molar-refractivity contribution in [3.05, 3.63) is 48.3 Å². The molecular formula is C19H18FN3O4S. The van der Waals surface area contributed by atoms with Crippen LogP contribution in [0.2, 0.25) is 0 Å². The summed E-state index contributed by atoms with van der Waals surface area (Å²) in [7, 11) is 0. The Morgan fingerprint density at radius 2 is 1.86 bits per heavy atom. The van der Waals surface area contributed by atoms with Gasteiger partial charge in [0.2, 0.25) is 11.8 Å². The summed E-state index contributed by atoms with van der Waals surface area (Å²) < 4.78 is 18.9. The minimum atomic E-state index is -0.570. The molecule has 1 atom stereocenters. The van der Waals surface area contributed by atoms with Gasteiger partial charge in [0, 0.05) is 5.69 Å². The van der Waals surface area contributed by atoms with Crippen molar-refractivity contribution in [1.82, 2.24) is 0 Å². The summed E-state index contributed by atoms with van der Waals surface area (Å²) in [4.78, 5) is 35.5. The van der Waals surface area contributed by atoms with Crippen molar-refractivity contribution >= 4 is 46.5 Å². The molecule has 2 aromatic carbocycles. The number of hydrogen-bond acceptors (Lipinski definition) is 5. The van der Waals surface area contributed by atoms with Gasteiger partial charge >= 0.3 is 0 Å². The zero-order valence-corrected chi connectivity index (χ0v) is 15.8. The largest absolute Gasteiger partial charge is 0.479 e. The van der Waals surface area contributed by atoms with Crippen LogP contribution in [0.3, 0.4) is 0 Å². The summed E-state index contributed by atoms with van der Waals surface area (Å²) in [6, 6.07) is 10.8. The molecule has 3 rings (SSSR count). The fourth-order valence-electron chi connectivity index (χ4n) is 2.47. The van der Waals surface area contributed by atoms with E-state index in [0.717, 1.165) is 11.8 Å². The molecule has 3 amide bonds. The molecule has 9 heteroatoms. The third kappa shape index (κ3) is 5.01. The molecule has 0 bridgehead atoms. The predicted octanol–water partition coefficient (Wildman–Crippen LogP) is 2.86. The molecule has 1 heterocycles. The Labute approximate surface area is 165 Å². The number of anilines is 3. The Kier molecular flexibility index (Phi) is 6.15. The number of thioether (sulfide) groups is 1. The molecule has 0 aliphatic carbocycles. The van der Waals surface area contributed by atoms with Crippen LogP contribution in [0.5, 0.6) is 5.75 Å². The Bertz CT molecular complexity index is 922. The van der Waals surface area contributed by atoms with E-state index in [-0.39, 0.29) is 29.0 Å². The van der Waals surface area contributed by atoms with Crippen LogP contribution in [0, 0.1) is 5.82 Å². The van der Waals surface area contributed by atoms with Gasteiger partial charge in [-0.25, -0.2) is 4.39 Å². The summed E-state index contributed by atoms with van der Waals surface area (Å²) in [5, 5.41) is 7.85. The number of para-hydroxylation sites is 1. The zero-order valence-electron chi connectivity index (χ0n) is 15.0. The molecular weight excluding hydrogens is 385 g/mol. The van der Waals surface area contributed by atoms with Gasteiger partial charge in [-0.15, -0.1) is 11.8 Å². The van der Waals surface area contributed by atoms with Crippen LogP contribution in [0.4, 0.5) is 21.5 Å². The Morgan fingerprint density at radius 1 is 1.14 bits per heavy atom. The fraction of sp³-hybridized carbons (Fsp3) is 0.211. The van der Waals surface area contributed by atoms with Crippen molar-refractivity contribution in [2.75, 3.05) is 27.5 Å². The van der Waals surface area contributed by atoms with Crippen LogP contribution in [0.15, 0.2) is 42.5 Å². The molecule has 1 aliphatic rings. The summed E-state index contributed by atoms with van der Waals surface area (Å²) in [5.74, 6) is -0.894. The van der Waals surface area contributed by atoms with Gasteiger partial charge < -0.3 is 20.7 Å². The van der Waals surface area contributed by atoms with Crippen molar-refractivity contribution in [3.8, 4) is 5.75 Å². The molecule has 7 nitrogen and oxygen atoms in total. The van der Waals surface area contributed by atoms with E-state index in [1.54, 1.807) is 31.2 Å². The summed E-state index contributed by atoms with van der Waals surface area (Å²) in [6.07, 6.45) is -0.570. The number of nitrogens with one attached hydrogen (secondary N) is 3. The van der Waals surface area contributed by atoms with Crippen LogP contribution < -0.4 is 20.7 Å². The molecule has 28 heavy (non-hydrogen) atoms. The number of hydrogen-bond donors (Lipinski definition) is 3. The molecule has 3 N–H and O–H groups in total. The van der Waals surface area contributed by atoms with E-state index < -0.39 is 17.8 Å². The molecule has 0 saturated heterocycles. The summed E-state index contributed by atoms with van der Waals surface area (Å²) >= 11 is 1.10. The lowest BCUT2D eigenvalue weighted by molar-refractivity contribution is -0.122. The number of amides is 3. The Morgan fingerprint density at radius 3 is 2.61 bits per heavy atom. The Hall–Kier alpha value is -3.07. The van der Waals surface area contributed by atoms with E-state index >= 15 is 0 Å². The summed E-state index contributed by atoms with van der Waals surface area (Å²) in [5.41, 5.74) is 1.08. The molecule has 0 spiro atoms. The highest BCUT2D eigenvalue weighted by atomic mass is 32.2. The van der Waals surface area contributed by atoms with Crippen LogP contribution in [-0.4, -0.2) is 35.3 Å². The van der Waals surface area contributed by atoms with Crippen molar-refractivity contribution in [2.24, 2.45) is 0 Å². The zero-order chi connectivity index (χ0) is 20.1. The maximum Gasteiger partial charge on any atom is 0.265 e. The standard InChI is InChI=1S/C19H18FN3O4S/c1-11-19(26)23-15-8-12(6-7-16(15)27-11)21-17(24)9-28-10-18(25)22-14-5-3-2-4-13(14)20/h2-8,11H,9-10H2,1H3,(H,21,24)(H,22,25)(H,23,26)/t11-/m0/s1. The highest BCUT2D eigenvalue weighted by molar-refractivity contribution is 8.00. The minimum absolute atomic E-state index is 0.00767. The normalized spacial score (nSPS) is 15.1. The topological polar surface area (TPSA) is 96.5 Å². The highest BCUT2D eigenvalue weighted by Crippen LogP contribution is 2.32. The van der Waals surface area contributed by atoms with Gasteiger partial charge in [-0.05, 0) is 37.3 Å². The van der Waals surface area contributed by atoms with Crippen LogP contribution >= 0.6 is 11.8 Å². The van der Waals surface area contributed by atoms with E-state index in [2.05, 4.69) is 16.0 Å². The van der Waals surface area contributed by atoms with Crippen molar-refractivity contribution in [2.45, 2.75) is 13.0 Å². The van der Waals surface area contributed by atoms with Gasteiger partial charge in [-0.3, -0.25) is 14.4 Å². The number of fused-ring (bicyclic) bond motifs is 1. The van der Waals surface area contributed by atoms with Crippen LogP contribution in [-0.2, 0) is 14.4 Å². The molecule has 146 valence electrons. The van der Waals surface area contributed by atoms with Gasteiger partial charge in [0.25, 0.3) is 5.91 Å². The van der Waals surface area contributed by atoms with E-state index in [9.17, 15) is 18.8 Å². The van der Waals surface area contributed by atoms with E-state index in [1.807, 2.05) is 0 Å². The van der Waals surface area contributed by atoms with Crippen LogP contribution in [0.25, 0.3) is 0 Å². The van der Waals surface area contributed by atoms with Crippen molar-refractivity contribution in [1.29, 1.82) is 0 Å². The average Bonchev–Trinajstić information content (AvgIpc) is 2.65. The number of rotatable bonds is 6. The maximum atomic E-state index is 13.5. The lowest BCUT2D eigenvalue weighted by Crippen LogP contribution is -2.34. The second kappa shape index (κ2) is 8.75. The number of benzene rings is 2. The molecule has 0 saturated carbocycles. The predicted molar refractivity (Wildman–Crippen MR) is 106 cm³/mol. The molecule has 0 fully saturated rings. The number of carbonyl (C=O) groups excluding carboxylic acids is 3. The first kappa shape index (κ1) is 19.7. The van der Waals surface area contributed by atoms with Gasteiger partial charge in [0.1, 0.15) is 11.6 Å². The minimum Gasteiger partial charge on any atom is -0.479 e. The Balaban J connectivity index is 1.46. The second-order valence-electron chi connectivity index (χ2n) is 6.03. The monoisotopic (exact) mass is 403 g/mol. The lowest BCUT2D eigenvalue weighted by atomic mass is 10.2. The second-order valence-corrected chi connectivity index (χ2v) is 7.01. The van der Waals surface area contributed by atoms with Crippen LogP contribution in [0.1, 0.15) is 6.92 Å². The maximum absolute atomic E-state index is 13.5. The fourth-order valence-corrected chi connectivity index (χ4v) is 3.09. The third-order valence-corrected chi connectivity index (χ3v) is 4.74. The van der Waals surface area contributed by atoms with E-state index in [0.29, 0.717) is 17.1 Å². The molecule has 2 aromatic rings. The van der Waals surface area contributed by atoms with Gasteiger partial charge in [0.05, 0.1) is 22.9 Å². The van der Waals surface area contributed by atoms with Gasteiger partial charge in [-0.1, -0.05) is 12.1 Å². The summed E-state index contributed by atoms with van der Waals surface area (Å²) in [6.45, 7) is 1.65. The number of carbonyl (C=O) groups is 3. The van der Waals surface area contributed by atoms with Crippen molar-refractivity contribution in [3.63, 3.8) is 0 Å². The SMILES string of the molecule is C[C@@H]1Oc2ccc(NC(=O)CSCC(=O)Nc3ccccc3F)cc2NC1=O. The average molecular weight is 403 g/mol. The molecule has 0 radical (unpaired) electrons. The smallest absolute Gasteiger partial charge is 0.265 e. The quantitative estimate of drug-likeness (QED) is 0.689. The van der Waals surface area contributed by atoms with Gasteiger partial charge in [-0.2, -0.15) is 0 Å². The highest BCUT2D eigenvalue weighted by Gasteiger charge is 2.23. The van der Waals surface area contributed by atoms with E-state index in [4.69, 9.17) is 4.74 Å². The lowest BCUT2D eigenvalue weighted by Gasteiger charge is -2.23. The number of ether oxygens (including phenoxy) is 1. The van der Waals surface area contributed by atoms with Gasteiger partial charge in [0.15, 0.2) is 6.10 Å². The van der Waals surface area contributed by atoms with Crippen molar-refractivity contribution < 1.29 is 23.5 Å². The van der Waals surface area contributed by atoms with E-state index in [1.165, 1.54) is 18.2 Å². The molecule has 0 unspecified atom stereocenters. The third-order valence-electron chi connectivity index (χ3n) is 3.81. The first-order chi connectivity index (χ1) is 13.4. The molecule has 1 aliphatic heterocycles. The first-order valence-electron chi connectivity index (χ1n) is 8.46. The molecule has 0 aromatic heterocycles.